The summed E-state index contributed by atoms with van der Waals surface area (Å²) < 4.78 is 25.9. The van der Waals surface area contributed by atoms with Gasteiger partial charge >= 0.3 is 5.97 Å². The number of hydrogen-bond acceptors (Lipinski definition) is 7. The molecule has 160 valence electrons. The second kappa shape index (κ2) is 10.8. The molecule has 2 rings (SSSR count). The van der Waals surface area contributed by atoms with Gasteiger partial charge in [0.05, 0.1) is 34.1 Å². The summed E-state index contributed by atoms with van der Waals surface area (Å²) in [5.41, 5.74) is 1.12. The lowest BCUT2D eigenvalue weighted by Gasteiger charge is -2.15. The first kappa shape index (κ1) is 22.6. The SMILES string of the molecule is COc1ccc(OC)c(NC(=O)C(C)OC(=O)/C=C/c2ccc(OC)c(OC)c2)c1. The largest absolute Gasteiger partial charge is 0.497 e. The molecule has 0 saturated heterocycles. The Hall–Kier alpha value is -3.68. The number of carbonyl (C=O) groups is 2. The third-order valence-corrected chi connectivity index (χ3v) is 4.15. The average molecular weight is 415 g/mol. The van der Waals surface area contributed by atoms with Crippen molar-refractivity contribution in [2.75, 3.05) is 33.8 Å². The molecule has 30 heavy (non-hydrogen) atoms. The fourth-order valence-corrected chi connectivity index (χ4v) is 2.53. The summed E-state index contributed by atoms with van der Waals surface area (Å²) in [5.74, 6) is 0.951. The molecule has 1 N–H and O–H groups in total. The van der Waals surface area contributed by atoms with Crippen LogP contribution in [0, 0.1) is 0 Å². The minimum atomic E-state index is -1.02. The molecule has 0 spiro atoms. The van der Waals surface area contributed by atoms with E-state index in [-0.39, 0.29) is 0 Å². The molecule has 8 nitrogen and oxygen atoms in total. The molecule has 1 atom stereocenters. The fourth-order valence-electron chi connectivity index (χ4n) is 2.53. The minimum absolute atomic E-state index is 0.408. The van der Waals surface area contributed by atoms with Gasteiger partial charge in [-0.1, -0.05) is 6.07 Å². The quantitative estimate of drug-likeness (QED) is 0.496. The fraction of sp³-hybridized carbons (Fsp3) is 0.273. The van der Waals surface area contributed by atoms with Crippen LogP contribution < -0.4 is 24.3 Å². The Morgan fingerprint density at radius 2 is 1.53 bits per heavy atom. The number of carbonyl (C=O) groups excluding carboxylic acids is 2. The van der Waals surface area contributed by atoms with Crippen LogP contribution in [0.3, 0.4) is 0 Å². The van der Waals surface area contributed by atoms with E-state index in [4.69, 9.17) is 23.7 Å². The summed E-state index contributed by atoms with van der Waals surface area (Å²) in [6.07, 6.45) is 1.76. The van der Waals surface area contributed by atoms with Gasteiger partial charge in [-0.2, -0.15) is 0 Å². The van der Waals surface area contributed by atoms with Crippen molar-refractivity contribution in [3.8, 4) is 23.0 Å². The summed E-state index contributed by atoms with van der Waals surface area (Å²) in [6.45, 7) is 1.48. The van der Waals surface area contributed by atoms with E-state index in [9.17, 15) is 9.59 Å². The number of hydrogen-bond donors (Lipinski definition) is 1. The van der Waals surface area contributed by atoms with Crippen molar-refractivity contribution in [3.63, 3.8) is 0 Å². The van der Waals surface area contributed by atoms with Crippen molar-refractivity contribution in [3.05, 3.63) is 48.0 Å². The normalized spacial score (nSPS) is 11.5. The number of ether oxygens (including phenoxy) is 5. The second-order valence-electron chi connectivity index (χ2n) is 6.08. The molecule has 0 aliphatic rings. The lowest BCUT2D eigenvalue weighted by atomic mass is 10.2. The predicted octanol–water partition coefficient (Wildman–Crippen LogP) is 3.30. The molecule has 8 heteroatoms. The number of anilines is 1. The number of nitrogens with one attached hydrogen (secondary N) is 1. The molecule has 0 aliphatic heterocycles. The number of esters is 1. The van der Waals surface area contributed by atoms with Crippen molar-refractivity contribution >= 4 is 23.6 Å². The molecule has 0 radical (unpaired) electrons. The topological polar surface area (TPSA) is 92.3 Å². The van der Waals surface area contributed by atoms with Gasteiger partial charge in [0.2, 0.25) is 0 Å². The van der Waals surface area contributed by atoms with E-state index in [1.165, 1.54) is 41.4 Å². The molecule has 1 amide bonds. The summed E-state index contributed by atoms with van der Waals surface area (Å²) in [6, 6.07) is 10.2. The lowest BCUT2D eigenvalue weighted by molar-refractivity contribution is -0.148. The van der Waals surface area contributed by atoms with Crippen LogP contribution in [-0.4, -0.2) is 46.4 Å². The van der Waals surface area contributed by atoms with Gasteiger partial charge in [0, 0.05) is 12.1 Å². The number of rotatable bonds is 9. The van der Waals surface area contributed by atoms with Crippen LogP contribution in [0.5, 0.6) is 23.0 Å². The van der Waals surface area contributed by atoms with Crippen molar-refractivity contribution in [1.29, 1.82) is 0 Å². The first-order valence-corrected chi connectivity index (χ1v) is 9.05. The molecule has 0 aromatic heterocycles. The van der Waals surface area contributed by atoms with E-state index in [0.29, 0.717) is 34.2 Å². The smallest absolute Gasteiger partial charge is 0.331 e. The molecule has 0 aliphatic carbocycles. The zero-order valence-corrected chi connectivity index (χ0v) is 17.6. The molecule has 0 heterocycles. The van der Waals surface area contributed by atoms with Crippen molar-refractivity contribution in [1.82, 2.24) is 0 Å². The summed E-state index contributed by atoms with van der Waals surface area (Å²) in [5, 5.41) is 2.67. The van der Waals surface area contributed by atoms with Gasteiger partial charge < -0.3 is 29.0 Å². The van der Waals surface area contributed by atoms with E-state index in [1.54, 1.807) is 42.5 Å². The van der Waals surface area contributed by atoms with Gasteiger partial charge in [0.1, 0.15) is 11.5 Å². The highest BCUT2D eigenvalue weighted by Crippen LogP contribution is 2.29. The van der Waals surface area contributed by atoms with Gasteiger partial charge in [0.25, 0.3) is 5.91 Å². The Bertz CT molecular complexity index is 924. The molecule has 2 aromatic carbocycles. The third-order valence-electron chi connectivity index (χ3n) is 4.15. The second-order valence-corrected chi connectivity index (χ2v) is 6.08. The maximum Gasteiger partial charge on any atom is 0.331 e. The van der Waals surface area contributed by atoms with Crippen LogP contribution in [0.25, 0.3) is 6.08 Å². The number of benzene rings is 2. The monoisotopic (exact) mass is 415 g/mol. The highest BCUT2D eigenvalue weighted by molar-refractivity contribution is 5.97. The van der Waals surface area contributed by atoms with Crippen molar-refractivity contribution in [2.24, 2.45) is 0 Å². The summed E-state index contributed by atoms with van der Waals surface area (Å²) >= 11 is 0. The number of amides is 1. The summed E-state index contributed by atoms with van der Waals surface area (Å²) in [4.78, 5) is 24.5. The molecule has 0 saturated carbocycles. The molecule has 0 fully saturated rings. The number of methoxy groups -OCH3 is 4. The van der Waals surface area contributed by atoms with Crippen LogP contribution in [-0.2, 0) is 14.3 Å². The molecule has 0 bridgehead atoms. The van der Waals surface area contributed by atoms with Crippen molar-refractivity contribution in [2.45, 2.75) is 13.0 Å². The standard InChI is InChI=1S/C22H25NO7/c1-14(22(25)23-17-13-16(26-2)8-10-18(17)27-3)30-21(24)11-7-15-6-9-19(28-4)20(12-15)29-5/h6-14H,1-5H3,(H,23,25)/b11-7+. The average Bonchev–Trinajstić information content (AvgIpc) is 2.77. The maximum atomic E-state index is 12.4. The highest BCUT2D eigenvalue weighted by atomic mass is 16.5. The van der Waals surface area contributed by atoms with Gasteiger partial charge in [0.15, 0.2) is 17.6 Å². The van der Waals surface area contributed by atoms with E-state index < -0.39 is 18.0 Å². The molecular weight excluding hydrogens is 390 g/mol. The van der Waals surface area contributed by atoms with E-state index in [2.05, 4.69) is 5.32 Å². The lowest BCUT2D eigenvalue weighted by Crippen LogP contribution is -2.29. The third kappa shape index (κ3) is 5.91. The molecule has 1 unspecified atom stereocenters. The Labute approximate surface area is 175 Å². The zero-order valence-electron chi connectivity index (χ0n) is 17.6. The van der Waals surface area contributed by atoms with Crippen LogP contribution in [0.1, 0.15) is 12.5 Å². The van der Waals surface area contributed by atoms with E-state index >= 15 is 0 Å². The Balaban J connectivity index is 2.00. The van der Waals surface area contributed by atoms with Gasteiger partial charge in [-0.15, -0.1) is 0 Å². The molecular formula is C22H25NO7. The van der Waals surface area contributed by atoms with Crippen LogP contribution in [0.2, 0.25) is 0 Å². The minimum Gasteiger partial charge on any atom is -0.497 e. The molecule has 2 aromatic rings. The van der Waals surface area contributed by atoms with Gasteiger partial charge in [-0.05, 0) is 42.8 Å². The van der Waals surface area contributed by atoms with E-state index in [1.807, 2.05) is 0 Å². The predicted molar refractivity (Wildman–Crippen MR) is 112 cm³/mol. The first-order valence-electron chi connectivity index (χ1n) is 9.05. The van der Waals surface area contributed by atoms with Crippen LogP contribution in [0.4, 0.5) is 5.69 Å². The van der Waals surface area contributed by atoms with Gasteiger partial charge in [-0.25, -0.2) is 4.79 Å². The summed E-state index contributed by atoms with van der Waals surface area (Å²) in [7, 11) is 6.07. The van der Waals surface area contributed by atoms with Crippen molar-refractivity contribution < 1.29 is 33.3 Å². The highest BCUT2D eigenvalue weighted by Gasteiger charge is 2.18. The Kier molecular flexibility index (Phi) is 8.10. The van der Waals surface area contributed by atoms with E-state index in [0.717, 1.165) is 0 Å². The van der Waals surface area contributed by atoms with Crippen LogP contribution >= 0.6 is 0 Å². The maximum absolute atomic E-state index is 12.4. The van der Waals surface area contributed by atoms with Gasteiger partial charge in [-0.3, -0.25) is 4.79 Å². The van der Waals surface area contributed by atoms with Crippen LogP contribution in [0.15, 0.2) is 42.5 Å². The Morgan fingerprint density at radius 3 is 2.17 bits per heavy atom. The first-order chi connectivity index (χ1) is 14.4. The Morgan fingerprint density at radius 1 is 0.867 bits per heavy atom. The zero-order chi connectivity index (χ0) is 22.1.